The van der Waals surface area contributed by atoms with Crippen molar-refractivity contribution in [2.24, 2.45) is 0 Å². The lowest BCUT2D eigenvalue weighted by Crippen LogP contribution is -2.28. The highest BCUT2D eigenvalue weighted by molar-refractivity contribution is 6.13. The zero-order valence-corrected chi connectivity index (χ0v) is 34.8. The summed E-state index contributed by atoms with van der Waals surface area (Å²) in [5, 5.41) is 7.45. The molecule has 1 spiro atoms. The van der Waals surface area contributed by atoms with Gasteiger partial charge in [-0.3, -0.25) is 0 Å². The summed E-state index contributed by atoms with van der Waals surface area (Å²) in [6, 6.07) is 72.2. The Bertz CT molecular complexity index is 3830. The van der Waals surface area contributed by atoms with Gasteiger partial charge in [-0.05, 0) is 124 Å². The number of benzene rings is 9. The third kappa shape index (κ3) is 5.02. The van der Waals surface area contributed by atoms with Crippen LogP contribution in [0, 0.1) is 0 Å². The Morgan fingerprint density at radius 2 is 0.921 bits per heavy atom. The van der Waals surface area contributed by atoms with E-state index in [1.165, 1.54) is 126 Å². The Morgan fingerprint density at radius 1 is 0.333 bits per heavy atom. The maximum absolute atomic E-state index is 6.45. The minimum atomic E-state index is 0.0200. The summed E-state index contributed by atoms with van der Waals surface area (Å²) in [6.07, 6.45) is 6.19. The second-order valence-corrected chi connectivity index (χ2v) is 18.0. The Hall–Kier alpha value is -7.62. The Labute approximate surface area is 365 Å². The molecular formula is C60H42N2O. The van der Waals surface area contributed by atoms with E-state index in [-0.39, 0.29) is 5.41 Å². The normalized spacial score (nSPS) is 14.5. The summed E-state index contributed by atoms with van der Waals surface area (Å²) in [5.74, 6) is 0. The van der Waals surface area contributed by atoms with Crippen LogP contribution in [0.15, 0.2) is 199 Å². The van der Waals surface area contributed by atoms with Crippen molar-refractivity contribution in [1.29, 1.82) is 0 Å². The summed E-state index contributed by atoms with van der Waals surface area (Å²) in [4.78, 5) is 0. The van der Waals surface area contributed by atoms with E-state index in [9.17, 15) is 0 Å². The molecule has 298 valence electrons. The summed E-state index contributed by atoms with van der Waals surface area (Å²) in [6.45, 7) is 0. The van der Waals surface area contributed by atoms with E-state index in [4.69, 9.17) is 4.42 Å². The number of nitrogens with zero attached hydrogens (tertiary/aromatic N) is 2. The summed E-state index contributed by atoms with van der Waals surface area (Å²) >= 11 is 0. The van der Waals surface area contributed by atoms with Gasteiger partial charge in [0.2, 0.25) is 0 Å². The highest BCUT2D eigenvalue weighted by Gasteiger charge is 2.44. The van der Waals surface area contributed by atoms with Gasteiger partial charge in [0.25, 0.3) is 0 Å². The van der Waals surface area contributed by atoms with E-state index in [0.717, 1.165) is 27.6 Å². The largest absolute Gasteiger partial charge is 0.456 e. The predicted octanol–water partition coefficient (Wildman–Crippen LogP) is 16.3. The first-order valence-electron chi connectivity index (χ1n) is 22.5. The summed E-state index contributed by atoms with van der Waals surface area (Å²) in [7, 11) is 0. The van der Waals surface area contributed by atoms with Crippen LogP contribution >= 0.6 is 0 Å². The first kappa shape index (κ1) is 35.0. The number of aromatic nitrogens is 2. The van der Waals surface area contributed by atoms with Crippen LogP contribution in [0.25, 0.3) is 110 Å². The molecule has 63 heavy (non-hydrogen) atoms. The number of furan rings is 1. The van der Waals surface area contributed by atoms with Crippen molar-refractivity contribution in [1.82, 2.24) is 9.13 Å². The van der Waals surface area contributed by atoms with Crippen LogP contribution in [0.4, 0.5) is 0 Å². The molecule has 12 aromatic rings. The van der Waals surface area contributed by atoms with Crippen molar-refractivity contribution < 1.29 is 4.42 Å². The van der Waals surface area contributed by atoms with Gasteiger partial charge in [-0.15, -0.1) is 0 Å². The highest BCUT2D eigenvalue weighted by Crippen LogP contribution is 2.58. The molecule has 9 aromatic carbocycles. The van der Waals surface area contributed by atoms with Crippen LogP contribution in [-0.2, 0) is 5.41 Å². The second-order valence-electron chi connectivity index (χ2n) is 18.0. The Balaban J connectivity index is 0.968. The molecule has 1 fully saturated rings. The molecule has 3 nitrogen and oxygen atoms in total. The number of rotatable bonds is 4. The van der Waals surface area contributed by atoms with Crippen LogP contribution in [0.5, 0.6) is 0 Å². The van der Waals surface area contributed by atoms with E-state index in [1.807, 2.05) is 6.07 Å². The SMILES string of the molecule is c1ccc(-c2cccc(-n3c4ccccc4c4ccc(-c5ccc6c(c5)-c5cc7c(cc5C65CCCCC5)c5ccccc5n7-c5ccc6c(c5)oc5ccccc56)cc43)c2)cc1. The average Bonchev–Trinajstić information content (AvgIpc) is 4.06. The minimum Gasteiger partial charge on any atom is -0.456 e. The summed E-state index contributed by atoms with van der Waals surface area (Å²) in [5.41, 5.74) is 19.7. The molecule has 0 N–H and O–H groups in total. The molecule has 1 saturated carbocycles. The van der Waals surface area contributed by atoms with Crippen molar-refractivity contribution in [3.8, 4) is 44.8 Å². The van der Waals surface area contributed by atoms with Crippen molar-refractivity contribution in [3.63, 3.8) is 0 Å². The fourth-order valence-electron chi connectivity index (χ4n) is 11.9. The monoisotopic (exact) mass is 806 g/mol. The quantitative estimate of drug-likeness (QED) is 0.174. The van der Waals surface area contributed by atoms with Crippen LogP contribution < -0.4 is 0 Å². The van der Waals surface area contributed by atoms with Crippen molar-refractivity contribution in [3.05, 3.63) is 205 Å². The molecule has 0 saturated heterocycles. The van der Waals surface area contributed by atoms with Gasteiger partial charge in [0.1, 0.15) is 11.2 Å². The number of hydrogen-bond acceptors (Lipinski definition) is 1. The van der Waals surface area contributed by atoms with E-state index in [0.29, 0.717) is 0 Å². The molecule has 0 bridgehead atoms. The maximum Gasteiger partial charge on any atom is 0.137 e. The fourth-order valence-corrected chi connectivity index (χ4v) is 11.9. The van der Waals surface area contributed by atoms with Crippen LogP contribution in [-0.4, -0.2) is 9.13 Å². The molecule has 0 aliphatic heterocycles. The van der Waals surface area contributed by atoms with Crippen molar-refractivity contribution in [2.75, 3.05) is 0 Å². The van der Waals surface area contributed by atoms with Gasteiger partial charge in [-0.1, -0.05) is 141 Å². The first-order chi connectivity index (χ1) is 31.2. The number of hydrogen-bond donors (Lipinski definition) is 0. The molecular weight excluding hydrogens is 765 g/mol. The minimum absolute atomic E-state index is 0.0200. The van der Waals surface area contributed by atoms with Gasteiger partial charge in [-0.25, -0.2) is 0 Å². The van der Waals surface area contributed by atoms with E-state index in [2.05, 4.69) is 197 Å². The smallest absolute Gasteiger partial charge is 0.137 e. The van der Waals surface area contributed by atoms with Gasteiger partial charge in [0, 0.05) is 55.2 Å². The lowest BCUT2D eigenvalue weighted by Gasteiger charge is -2.36. The number of fused-ring (bicyclic) bond motifs is 14. The van der Waals surface area contributed by atoms with Crippen molar-refractivity contribution >= 4 is 65.6 Å². The molecule has 0 unspecified atom stereocenters. The standard InChI is InChI=1S/C60H42N2O/c1-3-14-38(15-4-1)39-16-13-17-42(32-39)61-54-21-8-5-18-44(54)46-27-24-41(34-56(46)61)40-25-29-52-49(33-40)50-37-57-51(36-53(50)60(52)30-11-2-12-31-60)45-19-6-9-22-55(45)62(57)43-26-28-48-47-20-7-10-23-58(47)63-59(48)35-43/h1,3-10,13-29,32-37H,2,11-12,30-31H2. The highest BCUT2D eigenvalue weighted by atomic mass is 16.3. The lowest BCUT2D eigenvalue weighted by atomic mass is 9.67. The zero-order valence-electron chi connectivity index (χ0n) is 34.8. The average molecular weight is 807 g/mol. The van der Waals surface area contributed by atoms with Gasteiger partial charge >= 0.3 is 0 Å². The Morgan fingerprint density at radius 3 is 1.75 bits per heavy atom. The maximum atomic E-state index is 6.45. The Kier molecular flexibility index (Phi) is 7.33. The molecule has 14 rings (SSSR count). The van der Waals surface area contributed by atoms with Gasteiger partial charge in [0.15, 0.2) is 0 Å². The lowest BCUT2D eigenvalue weighted by molar-refractivity contribution is 0.353. The van der Waals surface area contributed by atoms with E-state index in [1.54, 1.807) is 0 Å². The molecule has 0 amide bonds. The third-order valence-corrected chi connectivity index (χ3v) is 14.7. The molecule has 3 heteroatoms. The molecule has 0 radical (unpaired) electrons. The molecule has 3 aromatic heterocycles. The van der Waals surface area contributed by atoms with Gasteiger partial charge in [0.05, 0.1) is 22.1 Å². The third-order valence-electron chi connectivity index (χ3n) is 14.7. The van der Waals surface area contributed by atoms with Crippen LogP contribution in [0.1, 0.15) is 43.2 Å². The number of para-hydroxylation sites is 3. The van der Waals surface area contributed by atoms with Gasteiger partial charge < -0.3 is 13.6 Å². The molecule has 2 aliphatic rings. The zero-order chi connectivity index (χ0) is 41.2. The molecule has 2 aliphatic carbocycles. The van der Waals surface area contributed by atoms with E-state index >= 15 is 0 Å². The predicted molar refractivity (Wildman–Crippen MR) is 263 cm³/mol. The topological polar surface area (TPSA) is 23.0 Å². The van der Waals surface area contributed by atoms with Gasteiger partial charge in [-0.2, -0.15) is 0 Å². The van der Waals surface area contributed by atoms with E-state index < -0.39 is 0 Å². The van der Waals surface area contributed by atoms with Crippen molar-refractivity contribution in [2.45, 2.75) is 37.5 Å². The fraction of sp³-hybridized carbons (Fsp3) is 0.100. The molecule has 0 atom stereocenters. The van der Waals surface area contributed by atoms with Crippen LogP contribution in [0.2, 0.25) is 0 Å². The van der Waals surface area contributed by atoms with Crippen LogP contribution in [0.3, 0.4) is 0 Å². The molecule has 3 heterocycles. The summed E-state index contributed by atoms with van der Waals surface area (Å²) < 4.78 is 11.4. The first-order valence-corrected chi connectivity index (χ1v) is 22.5. The second kappa shape index (κ2) is 13.2.